The lowest BCUT2D eigenvalue weighted by atomic mass is 10.2. The van der Waals surface area contributed by atoms with Crippen LogP contribution in [-0.2, 0) is 26.6 Å². The standard InChI is InChI=1S/C20H26N2O5S2/c1-3-27-19-11-10-18(22-12-4-5-13-28(22,23)24)14-20(19)29(25,26)21-15-17-8-6-16(2)7-9-17/h6-11,14,21H,3-5,12-13,15H2,1-2H3. The third kappa shape index (κ3) is 5.09. The Morgan fingerprint density at radius 2 is 1.83 bits per heavy atom. The first-order valence-electron chi connectivity index (χ1n) is 9.55. The zero-order valence-corrected chi connectivity index (χ0v) is 18.2. The van der Waals surface area contributed by atoms with E-state index in [9.17, 15) is 16.8 Å². The minimum Gasteiger partial charge on any atom is -0.492 e. The molecule has 0 aliphatic carbocycles. The number of hydrogen-bond acceptors (Lipinski definition) is 5. The topological polar surface area (TPSA) is 92.8 Å². The van der Waals surface area contributed by atoms with Crippen LogP contribution >= 0.6 is 0 Å². The van der Waals surface area contributed by atoms with Gasteiger partial charge in [-0.3, -0.25) is 4.31 Å². The molecule has 1 N–H and O–H groups in total. The van der Waals surface area contributed by atoms with Gasteiger partial charge in [0.2, 0.25) is 20.0 Å². The molecule has 0 radical (unpaired) electrons. The fourth-order valence-corrected chi connectivity index (χ4v) is 5.99. The summed E-state index contributed by atoms with van der Waals surface area (Å²) in [5, 5.41) is 0. The maximum atomic E-state index is 13.0. The normalized spacial score (nSPS) is 16.6. The third-order valence-corrected chi connectivity index (χ3v) is 8.03. The van der Waals surface area contributed by atoms with Gasteiger partial charge in [-0.25, -0.2) is 21.6 Å². The molecule has 0 bridgehead atoms. The average molecular weight is 439 g/mol. The number of aryl methyl sites for hydroxylation is 1. The van der Waals surface area contributed by atoms with Crippen LogP contribution in [-0.4, -0.2) is 35.7 Å². The first kappa shape index (κ1) is 21.6. The number of ether oxygens (including phenoxy) is 1. The fraction of sp³-hybridized carbons (Fsp3) is 0.400. The Kier molecular flexibility index (Phi) is 6.50. The zero-order chi connectivity index (χ0) is 21.1. The van der Waals surface area contributed by atoms with E-state index in [1.807, 2.05) is 31.2 Å². The minimum atomic E-state index is -3.92. The monoisotopic (exact) mass is 438 g/mol. The Morgan fingerprint density at radius 3 is 2.48 bits per heavy atom. The lowest BCUT2D eigenvalue weighted by molar-refractivity contribution is 0.331. The van der Waals surface area contributed by atoms with E-state index >= 15 is 0 Å². The third-order valence-electron chi connectivity index (χ3n) is 4.74. The number of sulfonamides is 2. The predicted molar refractivity (Wildman–Crippen MR) is 113 cm³/mol. The lowest BCUT2D eigenvalue weighted by Gasteiger charge is -2.28. The summed E-state index contributed by atoms with van der Waals surface area (Å²) in [7, 11) is -7.36. The minimum absolute atomic E-state index is 0.0635. The molecule has 158 valence electrons. The van der Waals surface area contributed by atoms with Crippen LogP contribution in [0.25, 0.3) is 0 Å². The van der Waals surface area contributed by atoms with Crippen molar-refractivity contribution in [2.24, 2.45) is 0 Å². The second kappa shape index (κ2) is 8.73. The number of rotatable bonds is 7. The van der Waals surface area contributed by atoms with E-state index in [1.54, 1.807) is 13.0 Å². The fourth-order valence-electron chi connectivity index (χ4n) is 3.18. The first-order chi connectivity index (χ1) is 13.7. The Morgan fingerprint density at radius 1 is 1.10 bits per heavy atom. The molecular weight excluding hydrogens is 412 g/mol. The van der Waals surface area contributed by atoms with Gasteiger partial charge in [0.15, 0.2) is 0 Å². The molecule has 0 saturated carbocycles. The predicted octanol–water partition coefficient (Wildman–Crippen LogP) is 2.80. The van der Waals surface area contributed by atoms with Crippen molar-refractivity contribution in [1.82, 2.24) is 4.72 Å². The molecule has 1 heterocycles. The van der Waals surface area contributed by atoms with Crippen LogP contribution in [0.2, 0.25) is 0 Å². The lowest BCUT2D eigenvalue weighted by Crippen LogP contribution is -2.38. The van der Waals surface area contributed by atoms with E-state index in [1.165, 1.54) is 16.4 Å². The SMILES string of the molecule is CCOc1ccc(N2CCCCS2(=O)=O)cc1S(=O)(=O)NCc1ccc(C)cc1. The number of nitrogens with zero attached hydrogens (tertiary/aromatic N) is 1. The quantitative estimate of drug-likeness (QED) is 0.718. The second-order valence-corrected chi connectivity index (χ2v) is 10.7. The molecule has 1 aliphatic heterocycles. The highest BCUT2D eigenvalue weighted by Crippen LogP contribution is 2.32. The van der Waals surface area contributed by atoms with Gasteiger partial charge in [-0.1, -0.05) is 29.8 Å². The van der Waals surface area contributed by atoms with Crippen molar-refractivity contribution in [2.45, 2.75) is 38.1 Å². The van der Waals surface area contributed by atoms with Crippen LogP contribution < -0.4 is 13.8 Å². The van der Waals surface area contributed by atoms with Crippen LogP contribution in [0, 0.1) is 6.92 Å². The molecule has 0 amide bonds. The van der Waals surface area contributed by atoms with Crippen molar-refractivity contribution in [3.63, 3.8) is 0 Å². The van der Waals surface area contributed by atoms with Gasteiger partial charge in [0.05, 0.1) is 18.0 Å². The van der Waals surface area contributed by atoms with Gasteiger partial charge in [0.1, 0.15) is 10.6 Å². The average Bonchev–Trinajstić information content (AvgIpc) is 2.68. The molecule has 1 saturated heterocycles. The van der Waals surface area contributed by atoms with Crippen molar-refractivity contribution in [3.05, 3.63) is 53.6 Å². The number of hydrogen-bond donors (Lipinski definition) is 1. The molecule has 1 aliphatic rings. The Bertz CT molecular complexity index is 1060. The van der Waals surface area contributed by atoms with Crippen LogP contribution in [0.4, 0.5) is 5.69 Å². The van der Waals surface area contributed by atoms with Gasteiger partial charge in [-0.05, 0) is 50.5 Å². The molecule has 0 aromatic heterocycles. The van der Waals surface area contributed by atoms with E-state index < -0.39 is 20.0 Å². The summed E-state index contributed by atoms with van der Waals surface area (Å²) in [5.74, 6) is 0.260. The summed E-state index contributed by atoms with van der Waals surface area (Å²) in [6, 6.07) is 12.0. The van der Waals surface area contributed by atoms with E-state index in [4.69, 9.17) is 4.74 Å². The summed E-state index contributed by atoms with van der Waals surface area (Å²) in [4.78, 5) is -0.0651. The summed E-state index contributed by atoms with van der Waals surface area (Å²) in [6.07, 6.45) is 1.35. The highest BCUT2D eigenvalue weighted by molar-refractivity contribution is 7.92. The second-order valence-electron chi connectivity index (χ2n) is 6.97. The highest BCUT2D eigenvalue weighted by atomic mass is 32.2. The van der Waals surface area contributed by atoms with Gasteiger partial charge in [-0.2, -0.15) is 0 Å². The molecule has 29 heavy (non-hydrogen) atoms. The summed E-state index contributed by atoms with van der Waals surface area (Å²) < 4.78 is 60.2. The molecule has 3 rings (SSSR count). The molecule has 2 aromatic rings. The zero-order valence-electron chi connectivity index (χ0n) is 16.6. The molecule has 7 nitrogen and oxygen atoms in total. The van der Waals surface area contributed by atoms with Gasteiger partial charge < -0.3 is 4.74 Å². The Balaban J connectivity index is 1.93. The van der Waals surface area contributed by atoms with Crippen LogP contribution in [0.3, 0.4) is 0 Å². The van der Waals surface area contributed by atoms with E-state index in [0.717, 1.165) is 17.5 Å². The Hall–Kier alpha value is -2.10. The van der Waals surface area contributed by atoms with Crippen molar-refractivity contribution in [3.8, 4) is 5.75 Å². The molecular formula is C20H26N2O5S2. The van der Waals surface area contributed by atoms with Crippen LogP contribution in [0.1, 0.15) is 30.9 Å². The largest absolute Gasteiger partial charge is 0.492 e. The number of anilines is 1. The Labute approximate surface area is 172 Å². The smallest absolute Gasteiger partial charge is 0.244 e. The maximum absolute atomic E-state index is 13.0. The number of nitrogens with one attached hydrogen (secondary N) is 1. The summed E-state index contributed by atoms with van der Waals surface area (Å²) >= 11 is 0. The summed E-state index contributed by atoms with van der Waals surface area (Å²) in [6.45, 7) is 4.48. The van der Waals surface area contributed by atoms with Gasteiger partial charge >= 0.3 is 0 Å². The summed E-state index contributed by atoms with van der Waals surface area (Å²) in [5.41, 5.74) is 2.25. The first-order valence-corrected chi connectivity index (χ1v) is 12.6. The molecule has 2 aromatic carbocycles. The van der Waals surface area contributed by atoms with Crippen molar-refractivity contribution < 1.29 is 21.6 Å². The maximum Gasteiger partial charge on any atom is 0.244 e. The van der Waals surface area contributed by atoms with Crippen molar-refractivity contribution >= 4 is 25.7 Å². The molecule has 0 spiro atoms. The van der Waals surface area contributed by atoms with Gasteiger partial charge in [0, 0.05) is 13.1 Å². The van der Waals surface area contributed by atoms with E-state index in [0.29, 0.717) is 25.3 Å². The van der Waals surface area contributed by atoms with Crippen molar-refractivity contribution in [2.75, 3.05) is 23.2 Å². The number of benzene rings is 2. The van der Waals surface area contributed by atoms with E-state index in [2.05, 4.69) is 4.72 Å². The van der Waals surface area contributed by atoms with Gasteiger partial charge in [0.25, 0.3) is 0 Å². The molecule has 0 atom stereocenters. The molecule has 0 unspecified atom stereocenters. The van der Waals surface area contributed by atoms with Gasteiger partial charge in [-0.15, -0.1) is 0 Å². The van der Waals surface area contributed by atoms with E-state index in [-0.39, 0.29) is 22.9 Å². The molecule has 9 heteroatoms. The molecule has 1 fully saturated rings. The highest BCUT2D eigenvalue weighted by Gasteiger charge is 2.28. The van der Waals surface area contributed by atoms with Crippen LogP contribution in [0.15, 0.2) is 47.4 Å². The van der Waals surface area contributed by atoms with Crippen LogP contribution in [0.5, 0.6) is 5.75 Å². The van der Waals surface area contributed by atoms with Crippen molar-refractivity contribution in [1.29, 1.82) is 0 Å².